The van der Waals surface area contributed by atoms with Crippen LogP contribution in [-0.2, 0) is 5.75 Å². The van der Waals surface area contributed by atoms with Gasteiger partial charge in [0.25, 0.3) is 0 Å². The molecule has 1 amide bonds. The molecule has 0 fully saturated rings. The van der Waals surface area contributed by atoms with E-state index in [1.54, 1.807) is 0 Å². The number of nitrogen functional groups attached to an aromatic ring is 1. The lowest BCUT2D eigenvalue weighted by Gasteiger charge is -2.00. The van der Waals surface area contributed by atoms with Crippen LogP contribution in [-0.4, -0.2) is 21.1 Å². The van der Waals surface area contributed by atoms with Crippen molar-refractivity contribution < 1.29 is 9.21 Å². The molecule has 4 N–H and O–H groups in total. The van der Waals surface area contributed by atoms with Crippen LogP contribution in [0.5, 0.6) is 0 Å². The second kappa shape index (κ2) is 5.35. The Balaban J connectivity index is 1.99. The number of hydrogen-bond acceptors (Lipinski definition) is 6. The molecule has 0 saturated carbocycles. The van der Waals surface area contributed by atoms with Crippen LogP contribution in [0.2, 0.25) is 0 Å². The van der Waals surface area contributed by atoms with Gasteiger partial charge in [0, 0.05) is 16.7 Å². The van der Waals surface area contributed by atoms with Gasteiger partial charge in [-0.25, -0.2) is 10.8 Å². The molecule has 0 saturated heterocycles. The highest BCUT2D eigenvalue weighted by Gasteiger charge is 2.20. The summed E-state index contributed by atoms with van der Waals surface area (Å²) >= 11 is 1.43. The van der Waals surface area contributed by atoms with Gasteiger partial charge in [-0.15, -0.1) is 0 Å². The number of thioether (sulfide) groups is 1. The molecule has 0 unspecified atom stereocenters. The van der Waals surface area contributed by atoms with E-state index in [0.29, 0.717) is 16.5 Å². The molecule has 0 radical (unpaired) electrons. The van der Waals surface area contributed by atoms with Crippen LogP contribution in [0.25, 0.3) is 11.0 Å². The quantitative estimate of drug-likeness (QED) is 0.290. The summed E-state index contributed by atoms with van der Waals surface area (Å²) in [6.07, 6.45) is 1.43. The lowest BCUT2D eigenvalue weighted by Crippen LogP contribution is -2.30. The third-order valence-corrected chi connectivity index (χ3v) is 3.68. The number of carbonyl (C=O) groups is 1. The Morgan fingerprint density at radius 2 is 2.30 bits per heavy atom. The van der Waals surface area contributed by atoms with Gasteiger partial charge in [0.1, 0.15) is 11.9 Å². The number of nitrogens with one attached hydrogen (secondary N) is 2. The van der Waals surface area contributed by atoms with Gasteiger partial charge >= 0.3 is 5.91 Å². The van der Waals surface area contributed by atoms with Crippen LogP contribution < -0.4 is 11.3 Å². The molecule has 8 heteroatoms. The van der Waals surface area contributed by atoms with Crippen molar-refractivity contribution in [2.24, 2.45) is 5.84 Å². The second-order valence-electron chi connectivity index (χ2n) is 3.96. The van der Waals surface area contributed by atoms with Gasteiger partial charge in [0.05, 0.1) is 0 Å². The summed E-state index contributed by atoms with van der Waals surface area (Å²) in [5, 5.41) is 8.10. The zero-order valence-corrected chi connectivity index (χ0v) is 11.1. The van der Waals surface area contributed by atoms with E-state index in [1.165, 1.54) is 18.1 Å². The molecule has 2 heterocycles. The number of nitrogens with two attached hydrogens (primary N) is 1. The number of nitrogens with zero attached hydrogens (tertiary/aromatic N) is 2. The lowest BCUT2D eigenvalue weighted by molar-refractivity contribution is 0.0927. The number of furan rings is 1. The van der Waals surface area contributed by atoms with Crippen LogP contribution in [0.15, 0.2) is 40.2 Å². The minimum absolute atomic E-state index is 0.223. The van der Waals surface area contributed by atoms with Gasteiger partial charge in [-0.05, 0) is 6.07 Å². The maximum Gasteiger partial charge on any atom is 0.301 e. The monoisotopic (exact) mass is 289 g/mol. The fourth-order valence-electron chi connectivity index (χ4n) is 1.90. The van der Waals surface area contributed by atoms with E-state index in [9.17, 15) is 4.79 Å². The SMILES string of the molecule is NNC(=O)c1oc2ccccc2c1CSc1ncn[nH]1. The highest BCUT2D eigenvalue weighted by atomic mass is 32.2. The predicted octanol–water partition coefficient (Wildman–Crippen LogP) is 1.45. The molecule has 0 spiro atoms. The molecule has 0 aliphatic rings. The molecule has 0 aliphatic heterocycles. The fraction of sp³-hybridized carbons (Fsp3) is 0.0833. The molecule has 0 bridgehead atoms. The molecule has 2 aromatic heterocycles. The second-order valence-corrected chi connectivity index (χ2v) is 4.92. The number of aromatic nitrogens is 3. The van der Waals surface area contributed by atoms with E-state index in [1.807, 2.05) is 24.3 Å². The normalized spacial score (nSPS) is 10.8. The van der Waals surface area contributed by atoms with Crippen molar-refractivity contribution in [2.45, 2.75) is 10.9 Å². The first-order chi connectivity index (χ1) is 9.79. The van der Waals surface area contributed by atoms with Crippen molar-refractivity contribution in [3.05, 3.63) is 41.9 Å². The number of carbonyl (C=O) groups excluding carboxylic acids is 1. The first-order valence-electron chi connectivity index (χ1n) is 5.79. The van der Waals surface area contributed by atoms with Crippen molar-refractivity contribution in [2.75, 3.05) is 0 Å². The number of benzene rings is 1. The number of rotatable bonds is 4. The largest absolute Gasteiger partial charge is 0.451 e. The number of aromatic amines is 1. The Labute approximate surface area is 117 Å². The summed E-state index contributed by atoms with van der Waals surface area (Å²) in [7, 11) is 0. The van der Waals surface area contributed by atoms with E-state index in [4.69, 9.17) is 10.3 Å². The number of H-pyrrole nitrogens is 1. The Morgan fingerprint density at radius 1 is 1.45 bits per heavy atom. The van der Waals surface area contributed by atoms with Crippen molar-refractivity contribution in [1.82, 2.24) is 20.6 Å². The van der Waals surface area contributed by atoms with Crippen LogP contribution in [0, 0.1) is 0 Å². The average Bonchev–Trinajstić information content (AvgIpc) is 3.11. The topological polar surface area (TPSA) is 110 Å². The molecule has 3 aromatic rings. The summed E-state index contributed by atoms with van der Waals surface area (Å²) in [5.74, 6) is 5.49. The molecule has 102 valence electrons. The van der Waals surface area contributed by atoms with Gasteiger partial charge < -0.3 is 4.42 Å². The molecule has 0 aliphatic carbocycles. The van der Waals surface area contributed by atoms with Crippen molar-refractivity contribution in [3.8, 4) is 0 Å². The number of hydrogen-bond donors (Lipinski definition) is 3. The number of fused-ring (bicyclic) bond motifs is 1. The van der Waals surface area contributed by atoms with Gasteiger partial charge in [0.2, 0.25) is 0 Å². The van der Waals surface area contributed by atoms with Crippen LogP contribution in [0.4, 0.5) is 0 Å². The predicted molar refractivity (Wildman–Crippen MR) is 73.8 cm³/mol. The number of para-hydroxylation sites is 1. The minimum Gasteiger partial charge on any atom is -0.451 e. The Bertz CT molecular complexity index is 737. The van der Waals surface area contributed by atoms with E-state index < -0.39 is 5.91 Å². The molecule has 0 atom stereocenters. The number of hydrazine groups is 1. The maximum absolute atomic E-state index is 11.8. The summed E-state index contributed by atoms with van der Waals surface area (Å²) in [6, 6.07) is 7.46. The van der Waals surface area contributed by atoms with Crippen LogP contribution >= 0.6 is 11.8 Å². The fourth-order valence-corrected chi connectivity index (χ4v) is 2.70. The van der Waals surface area contributed by atoms with Crippen molar-refractivity contribution >= 4 is 28.6 Å². The van der Waals surface area contributed by atoms with E-state index >= 15 is 0 Å². The minimum atomic E-state index is -0.450. The Kier molecular flexibility index (Phi) is 3.40. The van der Waals surface area contributed by atoms with E-state index in [0.717, 1.165) is 10.9 Å². The zero-order chi connectivity index (χ0) is 13.9. The van der Waals surface area contributed by atoms with Gasteiger partial charge in [-0.1, -0.05) is 30.0 Å². The highest BCUT2D eigenvalue weighted by molar-refractivity contribution is 7.98. The third kappa shape index (κ3) is 2.26. The summed E-state index contributed by atoms with van der Waals surface area (Å²) in [6.45, 7) is 0. The Hall–Kier alpha value is -2.32. The Morgan fingerprint density at radius 3 is 3.05 bits per heavy atom. The summed E-state index contributed by atoms with van der Waals surface area (Å²) in [4.78, 5) is 15.8. The molecule has 1 aromatic carbocycles. The maximum atomic E-state index is 11.8. The lowest BCUT2D eigenvalue weighted by atomic mass is 10.1. The first kappa shape index (κ1) is 12.7. The van der Waals surface area contributed by atoms with Gasteiger partial charge in [0.15, 0.2) is 10.9 Å². The van der Waals surface area contributed by atoms with Gasteiger partial charge in [-0.2, -0.15) is 5.10 Å². The average molecular weight is 289 g/mol. The van der Waals surface area contributed by atoms with Crippen LogP contribution in [0.3, 0.4) is 0 Å². The third-order valence-electron chi connectivity index (χ3n) is 2.78. The summed E-state index contributed by atoms with van der Waals surface area (Å²) in [5.41, 5.74) is 3.53. The van der Waals surface area contributed by atoms with Crippen molar-refractivity contribution in [1.29, 1.82) is 0 Å². The molecule has 3 rings (SSSR count). The standard InChI is InChI=1S/C12H11N5O2S/c13-16-11(18)10-8(5-20-12-14-6-15-17-12)7-3-1-2-4-9(7)19-10/h1-4,6H,5,13H2,(H,16,18)(H,14,15,17). The summed E-state index contributed by atoms with van der Waals surface area (Å²) < 4.78 is 5.57. The molecular weight excluding hydrogens is 278 g/mol. The molecule has 20 heavy (non-hydrogen) atoms. The highest BCUT2D eigenvalue weighted by Crippen LogP contribution is 2.30. The zero-order valence-electron chi connectivity index (χ0n) is 10.3. The van der Waals surface area contributed by atoms with E-state index in [-0.39, 0.29) is 5.76 Å². The van der Waals surface area contributed by atoms with Gasteiger partial charge in [-0.3, -0.25) is 15.3 Å². The smallest absolute Gasteiger partial charge is 0.301 e. The van der Waals surface area contributed by atoms with Crippen LogP contribution in [0.1, 0.15) is 16.1 Å². The van der Waals surface area contributed by atoms with E-state index in [2.05, 4.69) is 20.6 Å². The van der Waals surface area contributed by atoms with Crippen molar-refractivity contribution in [3.63, 3.8) is 0 Å². The first-order valence-corrected chi connectivity index (χ1v) is 6.77. The number of amides is 1. The molecule has 7 nitrogen and oxygen atoms in total. The molecular formula is C12H11N5O2S.